The smallest absolute Gasteiger partial charge is 0.252 e. The van der Waals surface area contributed by atoms with Crippen LogP contribution in [0.25, 0.3) is 0 Å². The highest BCUT2D eigenvalue weighted by Gasteiger charge is 2.46. The molecule has 9 nitrogen and oxygen atoms in total. The van der Waals surface area contributed by atoms with Crippen LogP contribution >= 0.6 is 0 Å². The number of hydrogen-bond donors (Lipinski definition) is 3. The predicted octanol–water partition coefficient (Wildman–Crippen LogP) is 4.49. The van der Waals surface area contributed by atoms with Crippen molar-refractivity contribution in [2.24, 2.45) is 0 Å². The van der Waals surface area contributed by atoms with Crippen molar-refractivity contribution in [3.63, 3.8) is 0 Å². The highest BCUT2D eigenvalue weighted by Crippen LogP contribution is 2.43. The SMILES string of the molecule is CCC1(CC)CC(=O)N([C@H](CCOC)c2cc(F)cc(C(=O)NC3c4ccccc4OC3(C)COC)c2)C(=N)N1. The van der Waals surface area contributed by atoms with Crippen LogP contribution < -0.4 is 15.4 Å². The number of carbonyl (C=O) groups is 2. The number of rotatable bonds is 11. The third-order valence-electron chi connectivity index (χ3n) is 8.10. The lowest BCUT2D eigenvalue weighted by atomic mass is 9.86. The fraction of sp³-hybridized carbons (Fsp3) is 0.500. The lowest BCUT2D eigenvalue weighted by Gasteiger charge is -2.45. The number of fused-ring (bicyclic) bond motifs is 1. The topological polar surface area (TPSA) is 113 Å². The number of para-hydroxylation sites is 1. The molecule has 0 bridgehead atoms. The molecule has 3 atom stereocenters. The normalized spacial score (nSPS) is 22.4. The molecule has 1 fully saturated rings. The van der Waals surface area contributed by atoms with E-state index in [2.05, 4.69) is 10.6 Å². The van der Waals surface area contributed by atoms with Crippen LogP contribution in [0.4, 0.5) is 4.39 Å². The zero-order valence-electron chi connectivity index (χ0n) is 23.8. The molecule has 40 heavy (non-hydrogen) atoms. The van der Waals surface area contributed by atoms with E-state index in [1.807, 2.05) is 45.0 Å². The van der Waals surface area contributed by atoms with E-state index in [0.717, 1.165) is 5.56 Å². The Morgan fingerprint density at radius 3 is 2.60 bits per heavy atom. The van der Waals surface area contributed by atoms with E-state index < -0.39 is 34.9 Å². The van der Waals surface area contributed by atoms with Gasteiger partial charge in [0.05, 0.1) is 25.1 Å². The Bertz CT molecular complexity index is 1250. The van der Waals surface area contributed by atoms with Gasteiger partial charge in [-0.3, -0.25) is 19.9 Å². The molecule has 0 aliphatic carbocycles. The first kappa shape index (κ1) is 29.5. The van der Waals surface area contributed by atoms with Crippen LogP contribution in [-0.4, -0.2) is 61.2 Å². The number of halogens is 1. The van der Waals surface area contributed by atoms with E-state index in [1.54, 1.807) is 20.3 Å². The Morgan fingerprint density at radius 2 is 1.95 bits per heavy atom. The third kappa shape index (κ3) is 5.69. The summed E-state index contributed by atoms with van der Waals surface area (Å²) in [4.78, 5) is 28.3. The number of hydrogen-bond acceptors (Lipinski definition) is 6. The Morgan fingerprint density at radius 1 is 1.23 bits per heavy atom. The van der Waals surface area contributed by atoms with Gasteiger partial charge in [-0.1, -0.05) is 32.0 Å². The van der Waals surface area contributed by atoms with Crippen LogP contribution in [0.3, 0.4) is 0 Å². The minimum atomic E-state index is -0.864. The predicted molar refractivity (Wildman–Crippen MR) is 149 cm³/mol. The maximum absolute atomic E-state index is 15.1. The second kappa shape index (κ2) is 11.9. The molecule has 3 N–H and O–H groups in total. The second-order valence-electron chi connectivity index (χ2n) is 10.8. The van der Waals surface area contributed by atoms with Crippen molar-refractivity contribution < 1.29 is 28.2 Å². The lowest BCUT2D eigenvalue weighted by Crippen LogP contribution is -2.62. The number of ether oxygens (including phenoxy) is 3. The van der Waals surface area contributed by atoms with Gasteiger partial charge in [-0.05, 0) is 56.0 Å². The molecule has 2 aromatic carbocycles. The van der Waals surface area contributed by atoms with Gasteiger partial charge in [-0.2, -0.15) is 0 Å². The molecule has 2 aliphatic rings. The number of amides is 2. The zero-order valence-corrected chi connectivity index (χ0v) is 23.8. The number of nitrogens with one attached hydrogen (secondary N) is 3. The molecule has 2 aromatic rings. The molecule has 4 rings (SSSR count). The second-order valence-corrected chi connectivity index (χ2v) is 10.8. The highest BCUT2D eigenvalue weighted by atomic mass is 19.1. The fourth-order valence-corrected chi connectivity index (χ4v) is 5.77. The molecule has 0 aromatic heterocycles. The maximum Gasteiger partial charge on any atom is 0.252 e. The number of methoxy groups -OCH3 is 2. The summed E-state index contributed by atoms with van der Waals surface area (Å²) in [6.07, 6.45) is 1.91. The average molecular weight is 555 g/mol. The Balaban J connectivity index is 1.66. The number of benzene rings is 2. The van der Waals surface area contributed by atoms with E-state index in [1.165, 1.54) is 17.0 Å². The van der Waals surface area contributed by atoms with E-state index in [9.17, 15) is 9.59 Å². The molecule has 2 amide bonds. The monoisotopic (exact) mass is 554 g/mol. The standard InChI is InChI=1S/C30H39FN4O5/c1-6-30(7-2)17-25(36)35(28(32)34-30)23(12-13-38-4)19-14-20(16-21(31)15-19)27(37)33-26-22-10-8-9-11-24(22)40-29(26,3)18-39-5/h8-11,14-16,23,26H,6-7,12-13,17-18H2,1-5H3,(H2,32,34)(H,33,37)/t23-,26?,29?/m1/s1. The summed E-state index contributed by atoms with van der Waals surface area (Å²) in [5.74, 6) is -0.719. The zero-order chi connectivity index (χ0) is 29.1. The van der Waals surface area contributed by atoms with Crippen molar-refractivity contribution in [2.45, 2.75) is 69.7 Å². The van der Waals surface area contributed by atoms with Crippen LogP contribution in [0.5, 0.6) is 5.75 Å². The number of carbonyl (C=O) groups excluding carboxylic acids is 2. The maximum atomic E-state index is 15.1. The van der Waals surface area contributed by atoms with Gasteiger partial charge in [0.25, 0.3) is 5.91 Å². The summed E-state index contributed by atoms with van der Waals surface area (Å²) in [5.41, 5.74) is -0.0408. The summed E-state index contributed by atoms with van der Waals surface area (Å²) in [5, 5.41) is 14.9. The first-order chi connectivity index (χ1) is 19.1. The summed E-state index contributed by atoms with van der Waals surface area (Å²) in [7, 11) is 3.11. The van der Waals surface area contributed by atoms with Gasteiger partial charge in [0.2, 0.25) is 5.91 Å². The highest BCUT2D eigenvalue weighted by molar-refractivity contribution is 6.00. The van der Waals surface area contributed by atoms with Gasteiger partial charge >= 0.3 is 0 Å². The molecule has 1 saturated heterocycles. The van der Waals surface area contributed by atoms with Crippen LogP contribution in [-0.2, 0) is 14.3 Å². The Labute approximate surface area is 234 Å². The van der Waals surface area contributed by atoms with Crippen molar-refractivity contribution in [3.8, 4) is 5.75 Å². The molecular weight excluding hydrogens is 515 g/mol. The molecule has 0 radical (unpaired) electrons. The Hall–Kier alpha value is -3.50. The molecule has 2 aliphatic heterocycles. The first-order valence-corrected chi connectivity index (χ1v) is 13.7. The van der Waals surface area contributed by atoms with Gasteiger partial charge in [0.1, 0.15) is 11.6 Å². The van der Waals surface area contributed by atoms with Crippen molar-refractivity contribution >= 4 is 17.8 Å². The van der Waals surface area contributed by atoms with E-state index >= 15 is 4.39 Å². The molecule has 10 heteroatoms. The van der Waals surface area contributed by atoms with E-state index in [4.69, 9.17) is 19.6 Å². The van der Waals surface area contributed by atoms with E-state index in [0.29, 0.717) is 30.6 Å². The Kier molecular flexibility index (Phi) is 8.80. The van der Waals surface area contributed by atoms with Crippen LogP contribution in [0.2, 0.25) is 0 Å². The molecule has 2 unspecified atom stereocenters. The largest absolute Gasteiger partial charge is 0.482 e. The minimum Gasteiger partial charge on any atom is -0.482 e. The number of nitrogens with zero attached hydrogens (tertiary/aromatic N) is 1. The van der Waals surface area contributed by atoms with Crippen LogP contribution in [0, 0.1) is 11.2 Å². The molecule has 0 saturated carbocycles. The summed E-state index contributed by atoms with van der Waals surface area (Å²) < 4.78 is 31.9. The lowest BCUT2D eigenvalue weighted by molar-refractivity contribution is -0.133. The molecular formula is C30H39FN4O5. The van der Waals surface area contributed by atoms with Gasteiger partial charge < -0.3 is 24.8 Å². The quantitative estimate of drug-likeness (QED) is 0.377. The van der Waals surface area contributed by atoms with Crippen LogP contribution in [0.1, 0.15) is 80.0 Å². The fourth-order valence-electron chi connectivity index (χ4n) is 5.77. The minimum absolute atomic E-state index is 0.0358. The third-order valence-corrected chi connectivity index (χ3v) is 8.10. The summed E-state index contributed by atoms with van der Waals surface area (Å²) >= 11 is 0. The van der Waals surface area contributed by atoms with Gasteiger partial charge in [0.15, 0.2) is 11.6 Å². The van der Waals surface area contributed by atoms with Crippen molar-refractivity contribution in [3.05, 3.63) is 65.0 Å². The van der Waals surface area contributed by atoms with Crippen molar-refractivity contribution in [1.29, 1.82) is 5.41 Å². The van der Waals surface area contributed by atoms with Gasteiger partial charge in [-0.25, -0.2) is 4.39 Å². The summed E-state index contributed by atoms with van der Waals surface area (Å²) in [6.45, 7) is 6.32. The molecule has 216 valence electrons. The summed E-state index contributed by atoms with van der Waals surface area (Å²) in [6, 6.07) is 10.3. The average Bonchev–Trinajstić information content (AvgIpc) is 3.20. The number of guanidine groups is 1. The van der Waals surface area contributed by atoms with Crippen molar-refractivity contribution in [1.82, 2.24) is 15.5 Å². The molecule has 0 spiro atoms. The van der Waals surface area contributed by atoms with Gasteiger partial charge in [-0.15, -0.1) is 0 Å². The van der Waals surface area contributed by atoms with E-state index in [-0.39, 0.29) is 37.1 Å². The van der Waals surface area contributed by atoms with Crippen LogP contribution in [0.15, 0.2) is 42.5 Å². The van der Waals surface area contributed by atoms with Gasteiger partial charge in [0, 0.05) is 37.5 Å². The van der Waals surface area contributed by atoms with Crippen molar-refractivity contribution in [2.75, 3.05) is 27.4 Å². The first-order valence-electron chi connectivity index (χ1n) is 13.7. The molecule has 2 heterocycles.